The van der Waals surface area contributed by atoms with Gasteiger partial charge in [-0.05, 0) is 24.9 Å². The fourth-order valence-corrected chi connectivity index (χ4v) is 2.27. The molecule has 2 aliphatic heterocycles. The van der Waals surface area contributed by atoms with Crippen molar-refractivity contribution in [2.24, 2.45) is 0 Å². The van der Waals surface area contributed by atoms with E-state index in [1.165, 1.54) is 5.56 Å². The molecule has 4 nitrogen and oxygen atoms in total. The van der Waals surface area contributed by atoms with Gasteiger partial charge in [0.2, 0.25) is 5.95 Å². The summed E-state index contributed by atoms with van der Waals surface area (Å²) in [6, 6.07) is 0. The Balaban J connectivity index is 1.85. The summed E-state index contributed by atoms with van der Waals surface area (Å²) in [7, 11) is 0. The third kappa shape index (κ3) is 1.75. The Kier molecular flexibility index (Phi) is 2.47. The smallest absolute Gasteiger partial charge is 0.225 e. The number of anilines is 1. The van der Waals surface area contributed by atoms with Crippen LogP contribution in [0.3, 0.4) is 0 Å². The number of rotatable bonds is 1. The molecule has 86 valence electrons. The molecule has 2 aliphatic rings. The first-order chi connectivity index (χ1) is 7.83. The van der Waals surface area contributed by atoms with Gasteiger partial charge >= 0.3 is 0 Å². The maximum atomic E-state index is 13.1. The van der Waals surface area contributed by atoms with Gasteiger partial charge in [-0.15, -0.1) is 0 Å². The van der Waals surface area contributed by atoms with Gasteiger partial charge in [0.15, 0.2) is 0 Å². The van der Waals surface area contributed by atoms with Crippen molar-refractivity contribution in [1.29, 1.82) is 0 Å². The highest BCUT2D eigenvalue weighted by molar-refractivity contribution is 5.35. The second-order valence-electron chi connectivity index (χ2n) is 4.40. The quantitative estimate of drug-likeness (QED) is 0.758. The van der Waals surface area contributed by atoms with Gasteiger partial charge in [-0.25, -0.2) is 14.4 Å². The molecule has 0 aromatic carbocycles. The summed E-state index contributed by atoms with van der Waals surface area (Å²) in [5.74, 6) is 0.683. The standard InChI is InChI=1S/C11H15FN4/c12-9-2-4-16(7-9)11-14-5-8-1-3-13-6-10(8)15-11/h5,9,13H,1-4,6-7H2/t9-/m1/s1. The maximum absolute atomic E-state index is 13.1. The van der Waals surface area contributed by atoms with E-state index in [1.54, 1.807) is 0 Å². The molecule has 0 bridgehead atoms. The van der Waals surface area contributed by atoms with Crippen LogP contribution in [0, 0.1) is 0 Å². The summed E-state index contributed by atoms with van der Waals surface area (Å²) in [4.78, 5) is 10.8. The van der Waals surface area contributed by atoms with Crippen LogP contribution in [0.1, 0.15) is 17.7 Å². The highest BCUT2D eigenvalue weighted by Gasteiger charge is 2.24. The molecule has 16 heavy (non-hydrogen) atoms. The van der Waals surface area contributed by atoms with Crippen molar-refractivity contribution < 1.29 is 4.39 Å². The predicted octanol–water partition coefficient (Wildman–Crippen LogP) is 0.670. The highest BCUT2D eigenvalue weighted by Crippen LogP contribution is 2.20. The van der Waals surface area contributed by atoms with E-state index < -0.39 is 6.17 Å². The molecular formula is C11H15FN4. The summed E-state index contributed by atoms with van der Waals surface area (Å²) in [6.45, 7) is 2.96. The number of fused-ring (bicyclic) bond motifs is 1. The summed E-state index contributed by atoms with van der Waals surface area (Å²) in [5, 5.41) is 3.28. The van der Waals surface area contributed by atoms with Crippen molar-refractivity contribution in [3.8, 4) is 0 Å². The van der Waals surface area contributed by atoms with Crippen molar-refractivity contribution >= 4 is 5.95 Å². The lowest BCUT2D eigenvalue weighted by molar-refractivity contribution is 0.364. The van der Waals surface area contributed by atoms with E-state index in [0.717, 1.165) is 31.7 Å². The number of alkyl halides is 1. The zero-order valence-corrected chi connectivity index (χ0v) is 9.12. The molecule has 1 fully saturated rings. The number of hydrogen-bond donors (Lipinski definition) is 1. The van der Waals surface area contributed by atoms with Gasteiger partial charge in [0.1, 0.15) is 6.17 Å². The van der Waals surface area contributed by atoms with E-state index >= 15 is 0 Å². The molecule has 0 aliphatic carbocycles. The average Bonchev–Trinajstić information content (AvgIpc) is 2.75. The fourth-order valence-electron chi connectivity index (χ4n) is 2.27. The van der Waals surface area contributed by atoms with Crippen LogP contribution in [0.2, 0.25) is 0 Å². The van der Waals surface area contributed by atoms with Gasteiger partial charge in [-0.1, -0.05) is 0 Å². The summed E-state index contributed by atoms with van der Waals surface area (Å²) < 4.78 is 13.1. The monoisotopic (exact) mass is 222 g/mol. The van der Waals surface area contributed by atoms with Gasteiger partial charge in [0.25, 0.3) is 0 Å². The van der Waals surface area contributed by atoms with E-state index in [-0.39, 0.29) is 0 Å². The van der Waals surface area contributed by atoms with Crippen LogP contribution in [-0.4, -0.2) is 35.8 Å². The molecular weight excluding hydrogens is 207 g/mol. The van der Waals surface area contributed by atoms with Gasteiger partial charge in [-0.3, -0.25) is 0 Å². The Morgan fingerprint density at radius 2 is 2.44 bits per heavy atom. The van der Waals surface area contributed by atoms with Gasteiger partial charge in [-0.2, -0.15) is 0 Å². The second kappa shape index (κ2) is 3.97. The average molecular weight is 222 g/mol. The number of halogens is 1. The molecule has 1 N–H and O–H groups in total. The lowest BCUT2D eigenvalue weighted by Crippen LogP contribution is -2.28. The third-order valence-electron chi connectivity index (χ3n) is 3.22. The van der Waals surface area contributed by atoms with Crippen LogP contribution in [0.5, 0.6) is 0 Å². The van der Waals surface area contributed by atoms with E-state index in [2.05, 4.69) is 15.3 Å². The minimum absolute atomic E-state index is 0.437. The molecule has 0 unspecified atom stereocenters. The van der Waals surface area contributed by atoms with Crippen LogP contribution >= 0.6 is 0 Å². The van der Waals surface area contributed by atoms with Crippen molar-refractivity contribution in [2.75, 3.05) is 24.5 Å². The maximum Gasteiger partial charge on any atom is 0.225 e. The first-order valence-corrected chi connectivity index (χ1v) is 5.77. The van der Waals surface area contributed by atoms with Gasteiger partial charge < -0.3 is 10.2 Å². The summed E-state index contributed by atoms with van der Waals surface area (Å²) >= 11 is 0. The highest BCUT2D eigenvalue weighted by atomic mass is 19.1. The molecule has 5 heteroatoms. The van der Waals surface area contributed by atoms with Crippen LogP contribution in [-0.2, 0) is 13.0 Å². The zero-order chi connectivity index (χ0) is 11.0. The van der Waals surface area contributed by atoms with Crippen molar-refractivity contribution in [3.05, 3.63) is 17.5 Å². The van der Waals surface area contributed by atoms with E-state index in [4.69, 9.17) is 0 Å². The third-order valence-corrected chi connectivity index (χ3v) is 3.22. The van der Waals surface area contributed by atoms with Crippen LogP contribution in [0.4, 0.5) is 10.3 Å². The van der Waals surface area contributed by atoms with Crippen LogP contribution in [0.15, 0.2) is 6.20 Å². The van der Waals surface area contributed by atoms with E-state index in [1.807, 2.05) is 11.1 Å². The second-order valence-corrected chi connectivity index (χ2v) is 4.40. The Morgan fingerprint density at radius 1 is 1.50 bits per heavy atom. The number of aromatic nitrogens is 2. The first-order valence-electron chi connectivity index (χ1n) is 5.77. The molecule has 0 saturated carbocycles. The number of nitrogens with zero attached hydrogens (tertiary/aromatic N) is 3. The zero-order valence-electron chi connectivity index (χ0n) is 9.12. The molecule has 0 radical (unpaired) electrons. The van der Waals surface area contributed by atoms with Crippen LogP contribution < -0.4 is 10.2 Å². The van der Waals surface area contributed by atoms with Crippen LogP contribution in [0.25, 0.3) is 0 Å². The Bertz CT molecular complexity index is 396. The minimum atomic E-state index is -0.724. The fraction of sp³-hybridized carbons (Fsp3) is 0.636. The molecule has 3 heterocycles. The minimum Gasteiger partial charge on any atom is -0.338 e. The normalized spacial score (nSPS) is 24.6. The number of hydrogen-bond acceptors (Lipinski definition) is 4. The lowest BCUT2D eigenvalue weighted by Gasteiger charge is -2.20. The van der Waals surface area contributed by atoms with Crippen molar-refractivity contribution in [2.45, 2.75) is 25.6 Å². The Morgan fingerprint density at radius 3 is 3.25 bits per heavy atom. The molecule has 1 aromatic rings. The van der Waals surface area contributed by atoms with Gasteiger partial charge in [0, 0.05) is 19.3 Å². The Hall–Kier alpha value is -1.23. The van der Waals surface area contributed by atoms with E-state index in [9.17, 15) is 4.39 Å². The largest absolute Gasteiger partial charge is 0.338 e. The topological polar surface area (TPSA) is 41.1 Å². The predicted molar refractivity (Wildman–Crippen MR) is 59.2 cm³/mol. The Labute approximate surface area is 93.9 Å². The SMILES string of the molecule is F[C@@H]1CCN(c2ncc3c(n2)CNCC3)C1. The first kappa shape index (κ1) is 9.96. The summed E-state index contributed by atoms with van der Waals surface area (Å²) in [6.07, 6.45) is 2.75. The molecule has 0 amide bonds. The summed E-state index contributed by atoms with van der Waals surface area (Å²) in [5.41, 5.74) is 2.29. The van der Waals surface area contributed by atoms with Gasteiger partial charge in [0.05, 0.1) is 12.2 Å². The molecule has 0 spiro atoms. The van der Waals surface area contributed by atoms with Crippen molar-refractivity contribution in [3.63, 3.8) is 0 Å². The number of nitrogens with one attached hydrogen (secondary N) is 1. The molecule has 1 saturated heterocycles. The van der Waals surface area contributed by atoms with E-state index in [0.29, 0.717) is 18.9 Å². The van der Waals surface area contributed by atoms with Crippen molar-refractivity contribution in [1.82, 2.24) is 15.3 Å². The lowest BCUT2D eigenvalue weighted by atomic mass is 10.1. The molecule has 1 atom stereocenters. The molecule has 1 aromatic heterocycles. The molecule has 3 rings (SSSR count).